The third kappa shape index (κ3) is 1.61. The highest BCUT2D eigenvalue weighted by molar-refractivity contribution is 9.10. The van der Waals surface area contributed by atoms with Crippen molar-refractivity contribution in [1.82, 2.24) is 4.98 Å². The number of pyridine rings is 1. The van der Waals surface area contributed by atoms with Gasteiger partial charge >= 0.3 is 0 Å². The molecule has 0 atom stereocenters. The van der Waals surface area contributed by atoms with E-state index in [1.807, 2.05) is 0 Å². The molecule has 1 rings (SSSR count). The lowest BCUT2D eigenvalue weighted by molar-refractivity contribution is -0.385. The minimum atomic E-state index is -0.429. The second-order valence-corrected chi connectivity index (χ2v) is 3.21. The van der Waals surface area contributed by atoms with Crippen molar-refractivity contribution in [2.75, 3.05) is 0 Å². The fourth-order valence-corrected chi connectivity index (χ4v) is 1.23. The summed E-state index contributed by atoms with van der Waals surface area (Å²) in [5.74, 6) is 0. The molecule has 0 saturated heterocycles. The molecule has 0 bridgehead atoms. The molecule has 0 unspecified atom stereocenters. The molecule has 1 aromatic heterocycles. The van der Waals surface area contributed by atoms with E-state index in [0.29, 0.717) is 10.3 Å². The van der Waals surface area contributed by atoms with Crippen LogP contribution >= 0.6 is 15.9 Å². The molecule has 1 aromatic rings. The molecule has 0 amide bonds. The van der Waals surface area contributed by atoms with E-state index >= 15 is 0 Å². The highest BCUT2D eigenvalue weighted by Gasteiger charge is 2.13. The minimum absolute atomic E-state index is 0.0655. The highest BCUT2D eigenvalue weighted by atomic mass is 79.9. The summed E-state index contributed by atoms with van der Waals surface area (Å²) < 4.78 is 0.658. The highest BCUT2D eigenvalue weighted by Crippen LogP contribution is 2.22. The van der Waals surface area contributed by atoms with Crippen LogP contribution in [0.4, 0.5) is 5.69 Å². The maximum Gasteiger partial charge on any atom is 0.290 e. The molecule has 0 aliphatic rings. The number of rotatable bonds is 1. The summed E-state index contributed by atoms with van der Waals surface area (Å²) in [6.45, 7) is 3.38. The number of nitrogens with zero attached hydrogens (tertiary/aromatic N) is 2. The van der Waals surface area contributed by atoms with E-state index in [4.69, 9.17) is 0 Å². The first kappa shape index (κ1) is 9.12. The minimum Gasteiger partial charge on any atom is -0.258 e. The molecule has 5 heteroatoms. The van der Waals surface area contributed by atoms with Crippen molar-refractivity contribution in [3.05, 3.63) is 32.0 Å². The summed E-state index contributed by atoms with van der Waals surface area (Å²) >= 11 is 3.20. The fourth-order valence-electron chi connectivity index (χ4n) is 0.847. The largest absolute Gasteiger partial charge is 0.290 e. The Morgan fingerprint density at radius 3 is 2.67 bits per heavy atom. The molecular weight excluding hydrogens is 224 g/mol. The van der Waals surface area contributed by atoms with Crippen LogP contribution in [-0.2, 0) is 0 Å². The molecule has 64 valence electrons. The van der Waals surface area contributed by atoms with Crippen molar-refractivity contribution in [3.63, 3.8) is 0 Å². The van der Waals surface area contributed by atoms with Crippen LogP contribution in [0.3, 0.4) is 0 Å². The summed E-state index contributed by atoms with van der Waals surface area (Å²) in [4.78, 5) is 14.0. The third-order valence-electron chi connectivity index (χ3n) is 1.51. The third-order valence-corrected chi connectivity index (χ3v) is 2.31. The number of hydrogen-bond acceptors (Lipinski definition) is 3. The van der Waals surface area contributed by atoms with Gasteiger partial charge in [0.15, 0.2) is 0 Å². The SMILES string of the molecule is Cc1cc([N+](=O)[O-])c(C)nc1Br. The van der Waals surface area contributed by atoms with Crippen molar-refractivity contribution in [3.8, 4) is 0 Å². The van der Waals surface area contributed by atoms with Gasteiger partial charge < -0.3 is 0 Å². The Balaban J connectivity index is 3.33. The van der Waals surface area contributed by atoms with Crippen LogP contribution in [0.15, 0.2) is 10.7 Å². The van der Waals surface area contributed by atoms with Gasteiger partial charge in [0.2, 0.25) is 0 Å². The Kier molecular flexibility index (Phi) is 2.42. The number of hydrogen-bond donors (Lipinski definition) is 0. The average Bonchev–Trinajstić information content (AvgIpc) is 1.96. The van der Waals surface area contributed by atoms with Crippen LogP contribution in [0.1, 0.15) is 11.3 Å². The van der Waals surface area contributed by atoms with E-state index in [-0.39, 0.29) is 5.69 Å². The average molecular weight is 231 g/mol. The van der Waals surface area contributed by atoms with E-state index in [0.717, 1.165) is 5.56 Å². The Morgan fingerprint density at radius 1 is 1.58 bits per heavy atom. The van der Waals surface area contributed by atoms with Crippen molar-refractivity contribution >= 4 is 21.6 Å². The molecule has 0 aliphatic heterocycles. The second-order valence-electron chi connectivity index (χ2n) is 2.46. The first-order valence-corrected chi connectivity index (χ1v) is 4.10. The van der Waals surface area contributed by atoms with E-state index in [1.165, 1.54) is 6.07 Å². The molecule has 4 nitrogen and oxygen atoms in total. The number of halogens is 1. The maximum atomic E-state index is 10.4. The molecule has 12 heavy (non-hydrogen) atoms. The van der Waals surface area contributed by atoms with Gasteiger partial charge in [-0.1, -0.05) is 0 Å². The lowest BCUT2D eigenvalue weighted by atomic mass is 10.2. The molecule has 0 N–H and O–H groups in total. The normalized spacial score (nSPS) is 9.92. The first-order valence-electron chi connectivity index (χ1n) is 3.30. The van der Waals surface area contributed by atoms with Gasteiger partial charge in [0.25, 0.3) is 5.69 Å². The molecule has 0 radical (unpaired) electrons. The molecule has 1 heterocycles. The predicted octanol–water partition coefficient (Wildman–Crippen LogP) is 2.37. The summed E-state index contributed by atoms with van der Waals surface area (Å²) in [6, 6.07) is 1.51. The van der Waals surface area contributed by atoms with Gasteiger partial charge in [-0.2, -0.15) is 0 Å². The number of aromatic nitrogens is 1. The van der Waals surface area contributed by atoms with Crippen LogP contribution in [0, 0.1) is 24.0 Å². The summed E-state index contributed by atoms with van der Waals surface area (Å²) in [6.07, 6.45) is 0. The van der Waals surface area contributed by atoms with Crippen LogP contribution in [0.25, 0.3) is 0 Å². The first-order chi connectivity index (χ1) is 5.52. The van der Waals surface area contributed by atoms with Gasteiger partial charge in [-0.25, -0.2) is 4.98 Å². The van der Waals surface area contributed by atoms with Gasteiger partial charge in [-0.05, 0) is 35.3 Å². The van der Waals surface area contributed by atoms with E-state index in [1.54, 1.807) is 13.8 Å². The van der Waals surface area contributed by atoms with E-state index < -0.39 is 4.92 Å². The monoisotopic (exact) mass is 230 g/mol. The second kappa shape index (κ2) is 3.18. The zero-order valence-corrected chi connectivity index (χ0v) is 8.25. The summed E-state index contributed by atoms with van der Waals surface area (Å²) in [5, 5.41) is 10.4. The molecule has 0 saturated carbocycles. The van der Waals surface area contributed by atoms with Crippen molar-refractivity contribution < 1.29 is 4.92 Å². The lowest BCUT2D eigenvalue weighted by Gasteiger charge is -1.99. The molecule has 0 aromatic carbocycles. The summed E-state index contributed by atoms with van der Waals surface area (Å²) in [5.41, 5.74) is 1.26. The Bertz CT molecular complexity index is 338. The zero-order valence-electron chi connectivity index (χ0n) is 6.67. The molecule has 0 spiro atoms. The van der Waals surface area contributed by atoms with Gasteiger partial charge in [-0.15, -0.1) is 0 Å². The fraction of sp³-hybridized carbons (Fsp3) is 0.286. The van der Waals surface area contributed by atoms with Crippen LogP contribution < -0.4 is 0 Å². The van der Waals surface area contributed by atoms with Crippen molar-refractivity contribution in [2.45, 2.75) is 13.8 Å². The van der Waals surface area contributed by atoms with Crippen LogP contribution in [0.5, 0.6) is 0 Å². The number of aryl methyl sites for hydroxylation is 2. The predicted molar refractivity (Wildman–Crippen MR) is 48.1 cm³/mol. The Hall–Kier alpha value is -0.970. The zero-order chi connectivity index (χ0) is 9.30. The molecular formula is C7H7BrN2O2. The standard InChI is InChI=1S/C7H7BrN2O2/c1-4-3-6(10(11)12)5(2)9-7(4)8/h3H,1-2H3. The van der Waals surface area contributed by atoms with Crippen LogP contribution in [-0.4, -0.2) is 9.91 Å². The topological polar surface area (TPSA) is 56.0 Å². The van der Waals surface area contributed by atoms with Gasteiger partial charge in [0, 0.05) is 6.07 Å². The smallest absolute Gasteiger partial charge is 0.258 e. The van der Waals surface area contributed by atoms with Gasteiger partial charge in [-0.3, -0.25) is 10.1 Å². The van der Waals surface area contributed by atoms with Crippen LogP contribution in [0.2, 0.25) is 0 Å². The summed E-state index contributed by atoms with van der Waals surface area (Å²) in [7, 11) is 0. The van der Waals surface area contributed by atoms with Crippen molar-refractivity contribution in [2.24, 2.45) is 0 Å². The Morgan fingerprint density at radius 2 is 2.17 bits per heavy atom. The van der Waals surface area contributed by atoms with Crippen molar-refractivity contribution in [1.29, 1.82) is 0 Å². The molecule has 0 fully saturated rings. The maximum absolute atomic E-state index is 10.4. The quantitative estimate of drug-likeness (QED) is 0.423. The van der Waals surface area contributed by atoms with Gasteiger partial charge in [0.1, 0.15) is 10.3 Å². The van der Waals surface area contributed by atoms with E-state index in [2.05, 4.69) is 20.9 Å². The number of nitro groups is 1. The Labute approximate surface area is 77.9 Å². The van der Waals surface area contributed by atoms with Gasteiger partial charge in [0.05, 0.1) is 4.92 Å². The van der Waals surface area contributed by atoms with E-state index in [9.17, 15) is 10.1 Å². The molecule has 0 aliphatic carbocycles. The lowest BCUT2D eigenvalue weighted by Crippen LogP contribution is -1.96.